The van der Waals surface area contributed by atoms with Crippen molar-refractivity contribution in [3.63, 3.8) is 0 Å². The van der Waals surface area contributed by atoms with Gasteiger partial charge in [-0.25, -0.2) is 9.18 Å². The lowest BCUT2D eigenvalue weighted by atomic mass is 10.2. The molecule has 0 aliphatic carbocycles. The number of halogens is 2. The summed E-state index contributed by atoms with van der Waals surface area (Å²) in [6.45, 7) is 0. The first-order chi connectivity index (χ1) is 6.61. The van der Waals surface area contributed by atoms with Crippen LogP contribution in [0, 0.1) is 5.82 Å². The van der Waals surface area contributed by atoms with Crippen LogP contribution < -0.4 is 0 Å². The molecule has 14 heavy (non-hydrogen) atoms. The first-order valence-electron chi connectivity index (χ1n) is 3.80. The fraction of sp³-hybridized carbons (Fsp3) is 0. The van der Waals surface area contributed by atoms with E-state index in [0.717, 1.165) is 0 Å². The van der Waals surface area contributed by atoms with Crippen molar-refractivity contribution < 1.29 is 14.3 Å². The van der Waals surface area contributed by atoms with E-state index in [0.29, 0.717) is 0 Å². The molecule has 0 fully saturated rings. The van der Waals surface area contributed by atoms with E-state index in [1.54, 1.807) is 0 Å². The normalized spacial score (nSPS) is 10.7. The number of aromatic nitrogens is 1. The highest BCUT2D eigenvalue weighted by molar-refractivity contribution is 6.34. The second-order valence-corrected chi connectivity index (χ2v) is 3.16. The molecule has 1 aromatic heterocycles. The number of fused-ring (bicyclic) bond motifs is 1. The molecular formula is C9H5ClFNO2. The van der Waals surface area contributed by atoms with Crippen molar-refractivity contribution in [1.82, 2.24) is 4.98 Å². The van der Waals surface area contributed by atoms with E-state index in [9.17, 15) is 9.18 Å². The summed E-state index contributed by atoms with van der Waals surface area (Å²) < 4.78 is 13.2. The number of carboxylic acids is 1. The Balaban J connectivity index is 2.90. The third-order valence-electron chi connectivity index (χ3n) is 1.95. The van der Waals surface area contributed by atoms with Gasteiger partial charge >= 0.3 is 5.97 Å². The highest BCUT2D eigenvalue weighted by Gasteiger charge is 2.17. The quantitative estimate of drug-likeness (QED) is 0.765. The van der Waals surface area contributed by atoms with E-state index in [2.05, 4.69) is 4.98 Å². The zero-order valence-corrected chi connectivity index (χ0v) is 7.60. The highest BCUT2D eigenvalue weighted by atomic mass is 35.5. The number of carbonyl (C=O) groups is 1. The van der Waals surface area contributed by atoms with Crippen LogP contribution in [0.2, 0.25) is 5.15 Å². The summed E-state index contributed by atoms with van der Waals surface area (Å²) >= 11 is 5.63. The van der Waals surface area contributed by atoms with Gasteiger partial charge < -0.3 is 10.1 Å². The molecule has 2 aromatic rings. The fourth-order valence-corrected chi connectivity index (χ4v) is 1.64. The predicted octanol–water partition coefficient (Wildman–Crippen LogP) is 2.66. The van der Waals surface area contributed by atoms with Gasteiger partial charge in [-0.15, -0.1) is 0 Å². The minimum Gasteiger partial charge on any atom is -0.478 e. The second-order valence-electron chi connectivity index (χ2n) is 2.78. The average Bonchev–Trinajstić information content (AvgIpc) is 2.42. The van der Waals surface area contributed by atoms with E-state index < -0.39 is 11.8 Å². The van der Waals surface area contributed by atoms with E-state index >= 15 is 0 Å². The average molecular weight is 214 g/mol. The van der Waals surface area contributed by atoms with Crippen LogP contribution in [0.25, 0.3) is 10.9 Å². The molecule has 5 heteroatoms. The maximum absolute atomic E-state index is 13.2. The van der Waals surface area contributed by atoms with Crippen LogP contribution in [0.15, 0.2) is 18.2 Å². The SMILES string of the molecule is O=C(O)c1c(Cl)[nH]c2c(F)cccc12. The van der Waals surface area contributed by atoms with Crippen LogP contribution in [0.1, 0.15) is 10.4 Å². The Bertz CT molecular complexity index is 521. The Morgan fingerprint density at radius 3 is 2.86 bits per heavy atom. The lowest BCUT2D eigenvalue weighted by Crippen LogP contribution is -1.94. The molecule has 0 saturated carbocycles. The standard InChI is InChI=1S/C9H5ClFNO2/c10-8-6(9(13)14)4-2-1-3-5(11)7(4)12-8/h1-3,12H,(H,13,14). The van der Waals surface area contributed by atoms with Crippen molar-refractivity contribution in [3.05, 3.63) is 34.7 Å². The molecule has 0 radical (unpaired) electrons. The number of para-hydroxylation sites is 1. The van der Waals surface area contributed by atoms with Crippen LogP contribution in [0.5, 0.6) is 0 Å². The first kappa shape index (κ1) is 9.02. The van der Waals surface area contributed by atoms with Crippen molar-refractivity contribution >= 4 is 28.5 Å². The number of hydrogen-bond donors (Lipinski definition) is 2. The third kappa shape index (κ3) is 1.15. The number of carboxylic acid groups (broad SMARTS) is 1. The van der Waals surface area contributed by atoms with Crippen molar-refractivity contribution in [2.45, 2.75) is 0 Å². The number of rotatable bonds is 1. The first-order valence-corrected chi connectivity index (χ1v) is 4.18. The van der Waals surface area contributed by atoms with Gasteiger partial charge in [0, 0.05) is 5.39 Å². The number of H-pyrrole nitrogens is 1. The largest absolute Gasteiger partial charge is 0.478 e. The number of aromatic amines is 1. The number of hydrogen-bond acceptors (Lipinski definition) is 1. The molecule has 0 aliphatic heterocycles. The summed E-state index contributed by atoms with van der Waals surface area (Å²) in [5.74, 6) is -1.69. The third-order valence-corrected chi connectivity index (χ3v) is 2.23. The number of nitrogens with one attached hydrogen (secondary N) is 1. The molecule has 0 bridgehead atoms. The van der Waals surface area contributed by atoms with Gasteiger partial charge in [-0.05, 0) is 6.07 Å². The summed E-state index contributed by atoms with van der Waals surface area (Å²) in [5.41, 5.74) is 0.0241. The molecule has 0 atom stereocenters. The molecule has 1 aromatic carbocycles. The number of aromatic carboxylic acids is 1. The predicted molar refractivity (Wildman–Crippen MR) is 50.2 cm³/mol. The van der Waals surface area contributed by atoms with Gasteiger partial charge in [0.15, 0.2) is 0 Å². The Kier molecular flexibility index (Phi) is 1.93. The zero-order valence-electron chi connectivity index (χ0n) is 6.84. The van der Waals surface area contributed by atoms with E-state index in [-0.39, 0.29) is 21.6 Å². The molecule has 72 valence electrons. The van der Waals surface area contributed by atoms with Gasteiger partial charge in [0.25, 0.3) is 0 Å². The molecular weight excluding hydrogens is 209 g/mol. The summed E-state index contributed by atoms with van der Waals surface area (Å²) in [6, 6.07) is 4.18. The highest BCUT2D eigenvalue weighted by Crippen LogP contribution is 2.27. The Hall–Kier alpha value is -1.55. The topological polar surface area (TPSA) is 53.1 Å². The van der Waals surface area contributed by atoms with Gasteiger partial charge in [0.05, 0.1) is 5.52 Å². The van der Waals surface area contributed by atoms with Gasteiger partial charge in [-0.3, -0.25) is 0 Å². The van der Waals surface area contributed by atoms with E-state index in [1.165, 1.54) is 18.2 Å². The van der Waals surface area contributed by atoms with Crippen LogP contribution >= 0.6 is 11.6 Å². The van der Waals surface area contributed by atoms with Gasteiger partial charge in [0.2, 0.25) is 0 Å². The molecule has 0 spiro atoms. The van der Waals surface area contributed by atoms with Crippen LogP contribution in [-0.2, 0) is 0 Å². The summed E-state index contributed by atoms with van der Waals surface area (Å²) in [5, 5.41) is 9.04. The minimum atomic E-state index is -1.17. The lowest BCUT2D eigenvalue weighted by molar-refractivity contribution is 0.0699. The molecule has 2 N–H and O–H groups in total. The van der Waals surface area contributed by atoms with E-state index in [4.69, 9.17) is 16.7 Å². The molecule has 2 rings (SSSR count). The second kappa shape index (κ2) is 2.99. The minimum absolute atomic E-state index is 0.0578. The van der Waals surface area contributed by atoms with Crippen LogP contribution in [0.4, 0.5) is 4.39 Å². The van der Waals surface area contributed by atoms with Gasteiger partial charge in [-0.1, -0.05) is 23.7 Å². The molecule has 0 saturated heterocycles. The maximum Gasteiger partial charge on any atom is 0.339 e. The lowest BCUT2D eigenvalue weighted by Gasteiger charge is -1.92. The smallest absolute Gasteiger partial charge is 0.339 e. The van der Waals surface area contributed by atoms with E-state index in [1.807, 2.05) is 0 Å². The Labute approximate surface area is 83.1 Å². The Morgan fingerprint density at radius 2 is 2.21 bits per heavy atom. The summed E-state index contributed by atoms with van der Waals surface area (Å²) in [6.07, 6.45) is 0. The zero-order chi connectivity index (χ0) is 10.3. The van der Waals surface area contributed by atoms with Crippen LogP contribution in [0.3, 0.4) is 0 Å². The summed E-state index contributed by atoms with van der Waals surface area (Å²) in [4.78, 5) is 13.3. The van der Waals surface area contributed by atoms with Crippen molar-refractivity contribution in [3.8, 4) is 0 Å². The van der Waals surface area contributed by atoms with Crippen molar-refractivity contribution in [2.75, 3.05) is 0 Å². The fourth-order valence-electron chi connectivity index (χ4n) is 1.36. The summed E-state index contributed by atoms with van der Waals surface area (Å²) in [7, 11) is 0. The maximum atomic E-state index is 13.2. The molecule has 1 heterocycles. The number of benzene rings is 1. The monoisotopic (exact) mass is 213 g/mol. The van der Waals surface area contributed by atoms with Gasteiger partial charge in [-0.2, -0.15) is 0 Å². The molecule has 0 amide bonds. The molecule has 0 aliphatic rings. The van der Waals surface area contributed by atoms with Crippen molar-refractivity contribution in [1.29, 1.82) is 0 Å². The molecule has 3 nitrogen and oxygen atoms in total. The van der Waals surface area contributed by atoms with Gasteiger partial charge in [0.1, 0.15) is 16.5 Å². The van der Waals surface area contributed by atoms with Crippen molar-refractivity contribution in [2.24, 2.45) is 0 Å². The molecule has 0 unspecified atom stereocenters. The Morgan fingerprint density at radius 1 is 1.50 bits per heavy atom. The van der Waals surface area contributed by atoms with Crippen LogP contribution in [-0.4, -0.2) is 16.1 Å².